The number of carbonyl (C=O) groups is 1. The van der Waals surface area contributed by atoms with E-state index in [9.17, 15) is 9.18 Å². The Kier molecular flexibility index (Phi) is 6.71. The maximum Gasteiger partial charge on any atom is 0.256 e. The molecule has 0 heterocycles. The van der Waals surface area contributed by atoms with Gasteiger partial charge in [-0.25, -0.2) is 4.39 Å². The fourth-order valence-electron chi connectivity index (χ4n) is 1.66. The molecule has 0 saturated carbocycles. The summed E-state index contributed by atoms with van der Waals surface area (Å²) in [6.07, 6.45) is 0.695. The summed E-state index contributed by atoms with van der Waals surface area (Å²) in [5.74, 6) is 4.03. The smallest absolute Gasteiger partial charge is 0.256 e. The fourth-order valence-corrected chi connectivity index (χ4v) is 1.66. The zero-order valence-electron chi connectivity index (χ0n) is 11.6. The van der Waals surface area contributed by atoms with E-state index in [4.69, 9.17) is 9.84 Å². The van der Waals surface area contributed by atoms with E-state index in [1.807, 2.05) is 0 Å². The van der Waals surface area contributed by atoms with Crippen LogP contribution >= 0.6 is 0 Å². The second-order valence-corrected chi connectivity index (χ2v) is 4.23. The molecule has 0 radical (unpaired) electrons. The lowest BCUT2D eigenvalue weighted by Crippen LogP contribution is -2.29. The van der Waals surface area contributed by atoms with E-state index in [-0.39, 0.29) is 18.1 Å². The van der Waals surface area contributed by atoms with Crippen LogP contribution in [0.5, 0.6) is 0 Å². The average molecular weight is 279 g/mol. The number of rotatable bonds is 5. The van der Waals surface area contributed by atoms with Gasteiger partial charge >= 0.3 is 0 Å². The van der Waals surface area contributed by atoms with E-state index in [2.05, 4.69) is 11.8 Å². The summed E-state index contributed by atoms with van der Waals surface area (Å²) >= 11 is 0. The second kappa shape index (κ2) is 8.31. The third-order valence-electron chi connectivity index (χ3n) is 2.70. The van der Waals surface area contributed by atoms with Gasteiger partial charge in [0, 0.05) is 32.9 Å². The highest BCUT2D eigenvalue weighted by Gasteiger charge is 2.15. The largest absolute Gasteiger partial charge is 0.385 e. The number of carbonyl (C=O) groups excluding carboxylic acids is 1. The van der Waals surface area contributed by atoms with Crippen molar-refractivity contribution in [3.63, 3.8) is 0 Å². The van der Waals surface area contributed by atoms with Crippen molar-refractivity contribution < 1.29 is 19.0 Å². The Morgan fingerprint density at radius 3 is 2.85 bits per heavy atom. The number of hydrogen-bond acceptors (Lipinski definition) is 3. The third-order valence-corrected chi connectivity index (χ3v) is 2.70. The van der Waals surface area contributed by atoms with E-state index in [1.54, 1.807) is 20.2 Å². The molecule has 0 unspecified atom stereocenters. The van der Waals surface area contributed by atoms with Gasteiger partial charge in [-0.05, 0) is 24.6 Å². The molecular weight excluding hydrogens is 261 g/mol. The van der Waals surface area contributed by atoms with Crippen LogP contribution in [0.15, 0.2) is 18.2 Å². The normalized spacial score (nSPS) is 9.80. The lowest BCUT2D eigenvalue weighted by atomic mass is 10.1. The predicted molar refractivity (Wildman–Crippen MR) is 73.8 cm³/mol. The number of amides is 1. The number of aliphatic hydroxyl groups excluding tert-OH is 1. The van der Waals surface area contributed by atoms with Gasteiger partial charge in [-0.15, -0.1) is 0 Å². The standard InChI is InChI=1S/C15H18FNO3/c1-17(8-4-10-20-2)15(19)13-7-6-12(5-3-9-18)11-14(13)16/h6-7,11,18H,4,8-10H2,1-2H3. The molecule has 0 atom stereocenters. The molecule has 20 heavy (non-hydrogen) atoms. The van der Waals surface area contributed by atoms with Crippen molar-refractivity contribution in [1.82, 2.24) is 4.90 Å². The maximum atomic E-state index is 13.9. The van der Waals surface area contributed by atoms with Crippen molar-refractivity contribution in [3.8, 4) is 11.8 Å². The molecule has 108 valence electrons. The Morgan fingerprint density at radius 2 is 2.25 bits per heavy atom. The molecule has 1 rings (SSSR count). The van der Waals surface area contributed by atoms with Gasteiger partial charge in [0.05, 0.1) is 5.56 Å². The van der Waals surface area contributed by atoms with Crippen LogP contribution in [-0.2, 0) is 4.74 Å². The van der Waals surface area contributed by atoms with Gasteiger partial charge in [-0.3, -0.25) is 4.79 Å². The number of aliphatic hydroxyl groups is 1. The van der Waals surface area contributed by atoms with Crippen LogP contribution in [0.1, 0.15) is 22.3 Å². The molecule has 0 aliphatic carbocycles. The first-order chi connectivity index (χ1) is 9.60. The third kappa shape index (κ3) is 4.65. The van der Waals surface area contributed by atoms with E-state index in [1.165, 1.54) is 17.0 Å². The van der Waals surface area contributed by atoms with Gasteiger partial charge in [-0.1, -0.05) is 11.8 Å². The zero-order chi connectivity index (χ0) is 15.0. The number of hydrogen-bond donors (Lipinski definition) is 1. The Balaban J connectivity index is 2.78. The van der Waals surface area contributed by atoms with Gasteiger partial charge in [0.25, 0.3) is 5.91 Å². The molecule has 1 aromatic carbocycles. The van der Waals surface area contributed by atoms with Crippen molar-refractivity contribution in [2.45, 2.75) is 6.42 Å². The van der Waals surface area contributed by atoms with Crippen LogP contribution in [-0.4, -0.2) is 49.8 Å². The Hall–Kier alpha value is -1.90. The number of benzene rings is 1. The molecule has 4 nitrogen and oxygen atoms in total. The van der Waals surface area contributed by atoms with Crippen LogP contribution < -0.4 is 0 Å². The van der Waals surface area contributed by atoms with Crippen LogP contribution in [0.25, 0.3) is 0 Å². The summed E-state index contributed by atoms with van der Waals surface area (Å²) in [6, 6.07) is 4.16. The Morgan fingerprint density at radius 1 is 1.50 bits per heavy atom. The monoisotopic (exact) mass is 279 g/mol. The summed E-state index contributed by atoms with van der Waals surface area (Å²) in [4.78, 5) is 13.5. The van der Waals surface area contributed by atoms with Crippen LogP contribution in [0, 0.1) is 17.7 Å². The molecule has 0 bridgehead atoms. The molecule has 0 aliphatic rings. The second-order valence-electron chi connectivity index (χ2n) is 4.23. The molecule has 0 fully saturated rings. The first-order valence-corrected chi connectivity index (χ1v) is 6.23. The molecule has 1 amide bonds. The first kappa shape index (κ1) is 16.2. The molecule has 5 heteroatoms. The van der Waals surface area contributed by atoms with Crippen LogP contribution in [0.4, 0.5) is 4.39 Å². The number of ether oxygens (including phenoxy) is 1. The van der Waals surface area contributed by atoms with Crippen LogP contribution in [0.3, 0.4) is 0 Å². The average Bonchev–Trinajstić information content (AvgIpc) is 2.44. The summed E-state index contributed by atoms with van der Waals surface area (Å²) in [6.45, 7) is 0.762. The minimum atomic E-state index is -0.613. The maximum absolute atomic E-state index is 13.9. The number of halogens is 1. The van der Waals surface area contributed by atoms with Gasteiger partial charge in [0.2, 0.25) is 0 Å². The summed E-state index contributed by atoms with van der Waals surface area (Å²) < 4.78 is 18.8. The summed E-state index contributed by atoms with van der Waals surface area (Å²) in [7, 11) is 3.21. The van der Waals surface area contributed by atoms with Crippen molar-refractivity contribution >= 4 is 5.91 Å². The molecule has 0 saturated heterocycles. The van der Waals surface area contributed by atoms with Crippen molar-refractivity contribution in [3.05, 3.63) is 35.1 Å². The van der Waals surface area contributed by atoms with Gasteiger partial charge in [0.1, 0.15) is 12.4 Å². The molecule has 0 spiro atoms. The van der Waals surface area contributed by atoms with Crippen molar-refractivity contribution in [2.75, 3.05) is 33.9 Å². The molecular formula is C15H18FNO3. The van der Waals surface area contributed by atoms with Gasteiger partial charge in [-0.2, -0.15) is 0 Å². The highest BCUT2D eigenvalue weighted by Crippen LogP contribution is 2.12. The van der Waals surface area contributed by atoms with Crippen molar-refractivity contribution in [2.24, 2.45) is 0 Å². The highest BCUT2D eigenvalue weighted by molar-refractivity contribution is 5.94. The SMILES string of the molecule is COCCCN(C)C(=O)c1ccc(C#CCO)cc1F. The predicted octanol–water partition coefficient (Wildman–Crippen LogP) is 1.28. The zero-order valence-corrected chi connectivity index (χ0v) is 11.6. The lowest BCUT2D eigenvalue weighted by molar-refractivity contribution is 0.0775. The molecule has 1 aromatic rings. The number of nitrogens with zero attached hydrogens (tertiary/aromatic N) is 1. The quantitative estimate of drug-likeness (QED) is 0.652. The molecule has 0 aromatic heterocycles. The van der Waals surface area contributed by atoms with E-state index in [0.717, 1.165) is 0 Å². The van der Waals surface area contributed by atoms with E-state index >= 15 is 0 Å². The van der Waals surface area contributed by atoms with Crippen LogP contribution in [0.2, 0.25) is 0 Å². The van der Waals surface area contributed by atoms with Crippen molar-refractivity contribution in [1.29, 1.82) is 0 Å². The fraction of sp³-hybridized carbons (Fsp3) is 0.400. The minimum absolute atomic E-state index is 0.0134. The Bertz CT molecular complexity index is 520. The Labute approximate surface area is 118 Å². The molecule has 1 N–H and O–H groups in total. The first-order valence-electron chi connectivity index (χ1n) is 6.23. The lowest BCUT2D eigenvalue weighted by Gasteiger charge is -2.17. The summed E-state index contributed by atoms with van der Waals surface area (Å²) in [5, 5.41) is 8.58. The van der Waals surface area contributed by atoms with Gasteiger partial charge < -0.3 is 14.7 Å². The minimum Gasteiger partial charge on any atom is -0.385 e. The van der Waals surface area contributed by atoms with E-state index in [0.29, 0.717) is 25.1 Å². The number of methoxy groups -OCH3 is 1. The van der Waals surface area contributed by atoms with Gasteiger partial charge in [0.15, 0.2) is 0 Å². The summed E-state index contributed by atoms with van der Waals surface area (Å²) in [5.41, 5.74) is 0.439. The van der Waals surface area contributed by atoms with E-state index < -0.39 is 5.82 Å². The highest BCUT2D eigenvalue weighted by atomic mass is 19.1. The molecule has 0 aliphatic heterocycles. The topological polar surface area (TPSA) is 49.8 Å².